The minimum absolute atomic E-state index is 0.112. The second-order valence-electron chi connectivity index (χ2n) is 4.51. The molecule has 0 saturated heterocycles. The summed E-state index contributed by atoms with van der Waals surface area (Å²) in [7, 11) is -3.58. The van der Waals surface area contributed by atoms with Crippen LogP contribution in [0.4, 0.5) is 0 Å². The Balaban J connectivity index is 1.84. The van der Waals surface area contributed by atoms with Gasteiger partial charge in [0.1, 0.15) is 10.7 Å². The van der Waals surface area contributed by atoms with Gasteiger partial charge in [0.2, 0.25) is 10.0 Å². The normalized spacial score (nSPS) is 16.5. The first-order valence-electron chi connectivity index (χ1n) is 6.01. The van der Waals surface area contributed by atoms with Crippen molar-refractivity contribution in [1.82, 2.24) is 29.7 Å². The monoisotopic (exact) mass is 282 g/mol. The number of aryl methyl sites for hydroxylation is 1. The molecule has 0 amide bonds. The number of rotatable bonds is 4. The van der Waals surface area contributed by atoms with Crippen molar-refractivity contribution < 1.29 is 8.42 Å². The number of hydrogen-bond acceptors (Lipinski definition) is 5. The SMILES string of the molecule is CC(NS(=O)(=O)c1cn[nH]c1)c1nnc2n1CCC2. The van der Waals surface area contributed by atoms with Crippen LogP contribution in [0.25, 0.3) is 0 Å². The van der Waals surface area contributed by atoms with Crippen molar-refractivity contribution in [3.63, 3.8) is 0 Å². The Hall–Kier alpha value is -1.74. The summed E-state index contributed by atoms with van der Waals surface area (Å²) < 4.78 is 28.7. The van der Waals surface area contributed by atoms with Crippen molar-refractivity contribution in [2.45, 2.75) is 37.2 Å². The molecule has 0 saturated carbocycles. The van der Waals surface area contributed by atoms with Crippen LogP contribution in [-0.2, 0) is 23.0 Å². The van der Waals surface area contributed by atoms with Crippen LogP contribution < -0.4 is 4.72 Å². The molecule has 8 nitrogen and oxygen atoms in total. The van der Waals surface area contributed by atoms with Crippen LogP contribution in [0.5, 0.6) is 0 Å². The lowest BCUT2D eigenvalue weighted by molar-refractivity contribution is 0.546. The van der Waals surface area contributed by atoms with Gasteiger partial charge in [-0.05, 0) is 13.3 Å². The van der Waals surface area contributed by atoms with Gasteiger partial charge in [-0.1, -0.05) is 0 Å². The molecule has 0 aromatic carbocycles. The highest BCUT2D eigenvalue weighted by Gasteiger charge is 2.25. The Morgan fingerprint density at radius 1 is 1.47 bits per heavy atom. The Kier molecular flexibility index (Phi) is 2.86. The molecule has 0 spiro atoms. The average molecular weight is 282 g/mol. The fourth-order valence-electron chi connectivity index (χ4n) is 2.23. The maximum Gasteiger partial charge on any atom is 0.244 e. The first-order valence-corrected chi connectivity index (χ1v) is 7.49. The second kappa shape index (κ2) is 4.42. The van der Waals surface area contributed by atoms with Crippen LogP contribution in [0, 0.1) is 0 Å². The molecule has 0 radical (unpaired) electrons. The molecule has 19 heavy (non-hydrogen) atoms. The molecular formula is C10H14N6O2S. The molecule has 0 aliphatic carbocycles. The van der Waals surface area contributed by atoms with E-state index in [4.69, 9.17) is 0 Å². The molecule has 1 aliphatic rings. The smallest absolute Gasteiger partial charge is 0.244 e. The van der Waals surface area contributed by atoms with E-state index in [1.807, 2.05) is 4.57 Å². The summed E-state index contributed by atoms with van der Waals surface area (Å²) in [5.74, 6) is 1.57. The Labute approximate surface area is 110 Å². The third-order valence-corrected chi connectivity index (χ3v) is 4.65. The quantitative estimate of drug-likeness (QED) is 0.820. The summed E-state index contributed by atoms with van der Waals surface area (Å²) in [6.45, 7) is 2.60. The van der Waals surface area contributed by atoms with Gasteiger partial charge in [-0.15, -0.1) is 10.2 Å². The third kappa shape index (κ3) is 2.15. The van der Waals surface area contributed by atoms with Gasteiger partial charge in [-0.25, -0.2) is 13.1 Å². The minimum atomic E-state index is -3.58. The molecule has 1 unspecified atom stereocenters. The van der Waals surface area contributed by atoms with Gasteiger partial charge in [-0.2, -0.15) is 5.10 Å². The van der Waals surface area contributed by atoms with Crippen LogP contribution in [0.1, 0.15) is 31.0 Å². The Morgan fingerprint density at radius 3 is 3.05 bits per heavy atom. The van der Waals surface area contributed by atoms with E-state index >= 15 is 0 Å². The summed E-state index contributed by atoms with van der Waals surface area (Å²) in [5.41, 5.74) is 0. The molecule has 2 aromatic rings. The average Bonchev–Trinajstić information content (AvgIpc) is 3.06. The minimum Gasteiger partial charge on any atom is -0.314 e. The van der Waals surface area contributed by atoms with Gasteiger partial charge in [0.05, 0.1) is 12.2 Å². The number of aromatic nitrogens is 5. The van der Waals surface area contributed by atoms with Crippen molar-refractivity contribution in [2.24, 2.45) is 0 Å². The van der Waals surface area contributed by atoms with Crippen molar-refractivity contribution in [1.29, 1.82) is 0 Å². The third-order valence-electron chi connectivity index (χ3n) is 3.14. The maximum absolute atomic E-state index is 12.1. The van der Waals surface area contributed by atoms with Gasteiger partial charge < -0.3 is 4.57 Å². The largest absolute Gasteiger partial charge is 0.314 e. The van der Waals surface area contributed by atoms with Crippen molar-refractivity contribution >= 4 is 10.0 Å². The van der Waals surface area contributed by atoms with Crippen molar-refractivity contribution in [3.8, 4) is 0 Å². The fraction of sp³-hybridized carbons (Fsp3) is 0.500. The molecule has 2 N–H and O–H groups in total. The molecule has 3 rings (SSSR count). The van der Waals surface area contributed by atoms with Gasteiger partial charge in [-0.3, -0.25) is 5.10 Å². The number of hydrogen-bond donors (Lipinski definition) is 2. The zero-order valence-corrected chi connectivity index (χ0v) is 11.2. The molecular weight excluding hydrogens is 268 g/mol. The number of sulfonamides is 1. The summed E-state index contributed by atoms with van der Waals surface area (Å²) in [5, 5.41) is 14.3. The Morgan fingerprint density at radius 2 is 2.32 bits per heavy atom. The lowest BCUT2D eigenvalue weighted by Crippen LogP contribution is -2.28. The number of nitrogens with zero attached hydrogens (tertiary/aromatic N) is 4. The number of H-pyrrole nitrogens is 1. The second-order valence-corrected chi connectivity index (χ2v) is 6.22. The molecule has 0 bridgehead atoms. The van der Waals surface area contributed by atoms with Crippen LogP contribution in [-0.4, -0.2) is 33.4 Å². The maximum atomic E-state index is 12.1. The van der Waals surface area contributed by atoms with Gasteiger partial charge in [0.15, 0.2) is 5.82 Å². The van der Waals surface area contributed by atoms with Gasteiger partial charge in [0.25, 0.3) is 0 Å². The molecule has 1 atom stereocenters. The molecule has 1 aliphatic heterocycles. The van der Waals surface area contributed by atoms with Crippen LogP contribution in [0.2, 0.25) is 0 Å². The zero-order valence-electron chi connectivity index (χ0n) is 10.4. The van der Waals surface area contributed by atoms with E-state index in [0.29, 0.717) is 5.82 Å². The van der Waals surface area contributed by atoms with E-state index in [0.717, 1.165) is 25.2 Å². The molecule has 9 heteroatoms. The van der Waals surface area contributed by atoms with E-state index in [2.05, 4.69) is 25.1 Å². The highest BCUT2D eigenvalue weighted by molar-refractivity contribution is 7.89. The van der Waals surface area contributed by atoms with E-state index < -0.39 is 16.1 Å². The van der Waals surface area contributed by atoms with Crippen LogP contribution >= 0.6 is 0 Å². The Bertz CT molecular complexity index is 675. The van der Waals surface area contributed by atoms with Gasteiger partial charge in [0, 0.05) is 19.2 Å². The summed E-state index contributed by atoms with van der Waals surface area (Å²) >= 11 is 0. The lowest BCUT2D eigenvalue weighted by Gasteiger charge is -2.13. The number of aromatic amines is 1. The molecule has 0 fully saturated rings. The molecule has 2 aromatic heterocycles. The standard InChI is InChI=1S/C10H14N6O2S/c1-7(10-14-13-9-3-2-4-16(9)10)15-19(17,18)8-5-11-12-6-8/h5-7,15H,2-4H2,1H3,(H,11,12). The predicted octanol–water partition coefficient (Wildman–Crippen LogP) is -0.0131. The highest BCUT2D eigenvalue weighted by atomic mass is 32.2. The van der Waals surface area contributed by atoms with E-state index in [1.165, 1.54) is 12.4 Å². The fourth-order valence-corrected chi connectivity index (χ4v) is 3.34. The van der Waals surface area contributed by atoms with Crippen molar-refractivity contribution in [2.75, 3.05) is 0 Å². The zero-order chi connectivity index (χ0) is 13.5. The van der Waals surface area contributed by atoms with Crippen LogP contribution in [0.15, 0.2) is 17.3 Å². The first-order chi connectivity index (χ1) is 9.08. The van der Waals surface area contributed by atoms with E-state index in [1.54, 1.807) is 6.92 Å². The summed E-state index contributed by atoms with van der Waals surface area (Å²) in [6, 6.07) is -0.431. The van der Waals surface area contributed by atoms with E-state index in [-0.39, 0.29) is 4.90 Å². The van der Waals surface area contributed by atoms with E-state index in [9.17, 15) is 8.42 Å². The van der Waals surface area contributed by atoms with Crippen LogP contribution in [0.3, 0.4) is 0 Å². The highest BCUT2D eigenvalue weighted by Crippen LogP contribution is 2.20. The first kappa shape index (κ1) is 12.3. The predicted molar refractivity (Wildman–Crippen MR) is 65.7 cm³/mol. The lowest BCUT2D eigenvalue weighted by atomic mass is 10.3. The molecule has 3 heterocycles. The summed E-state index contributed by atoms with van der Waals surface area (Å²) in [6.07, 6.45) is 4.53. The topological polar surface area (TPSA) is 106 Å². The number of fused-ring (bicyclic) bond motifs is 1. The van der Waals surface area contributed by atoms with Crippen molar-refractivity contribution in [3.05, 3.63) is 24.0 Å². The van der Waals surface area contributed by atoms with Gasteiger partial charge >= 0.3 is 0 Å². The summed E-state index contributed by atoms with van der Waals surface area (Å²) in [4.78, 5) is 0.112. The number of nitrogens with one attached hydrogen (secondary N) is 2. The molecule has 102 valence electrons.